The lowest BCUT2D eigenvalue weighted by atomic mass is 9.95. The van der Waals surface area contributed by atoms with E-state index in [9.17, 15) is 9.59 Å². The van der Waals surface area contributed by atoms with Crippen molar-refractivity contribution >= 4 is 12.0 Å². The van der Waals surface area contributed by atoms with Gasteiger partial charge in [0.25, 0.3) is 0 Å². The average Bonchev–Trinajstić information content (AvgIpc) is 2.48. The van der Waals surface area contributed by atoms with Gasteiger partial charge in [-0.1, -0.05) is 0 Å². The molecule has 0 spiro atoms. The fourth-order valence-corrected chi connectivity index (χ4v) is 2.96. The predicted molar refractivity (Wildman–Crippen MR) is 75.4 cm³/mol. The number of carbonyl (C=O) groups excluding carboxylic acids is 2. The third-order valence-electron chi connectivity index (χ3n) is 4.02. The standard InChI is InChI=1S/C14H25N3O3/c1-2-20-14(19)16-12-4-3-9-17(10-12)13(18)11-5-7-15-8-6-11/h11-12,15H,2-10H2,1H3,(H,16,19). The van der Waals surface area contributed by atoms with Gasteiger partial charge in [-0.15, -0.1) is 0 Å². The van der Waals surface area contributed by atoms with Gasteiger partial charge in [0, 0.05) is 25.0 Å². The van der Waals surface area contributed by atoms with Crippen LogP contribution in [0.5, 0.6) is 0 Å². The van der Waals surface area contributed by atoms with Crippen LogP contribution in [0.3, 0.4) is 0 Å². The van der Waals surface area contributed by atoms with Crippen LogP contribution < -0.4 is 10.6 Å². The van der Waals surface area contributed by atoms with Gasteiger partial charge in [-0.3, -0.25) is 4.79 Å². The molecule has 1 atom stereocenters. The summed E-state index contributed by atoms with van der Waals surface area (Å²) in [7, 11) is 0. The predicted octanol–water partition coefficient (Wildman–Crippen LogP) is 0.723. The number of hydrogen-bond acceptors (Lipinski definition) is 4. The molecule has 0 aliphatic carbocycles. The molecule has 2 rings (SSSR count). The summed E-state index contributed by atoms with van der Waals surface area (Å²) in [6, 6.07) is 0.0217. The maximum atomic E-state index is 12.5. The Morgan fingerprint density at radius 2 is 2.05 bits per heavy atom. The molecule has 2 saturated heterocycles. The Labute approximate surface area is 120 Å². The SMILES string of the molecule is CCOC(=O)NC1CCCN(C(=O)C2CCNCC2)C1. The lowest BCUT2D eigenvalue weighted by Crippen LogP contribution is -2.52. The van der Waals surface area contributed by atoms with E-state index in [0.717, 1.165) is 45.3 Å². The molecule has 2 aliphatic heterocycles. The molecule has 20 heavy (non-hydrogen) atoms. The molecule has 6 nitrogen and oxygen atoms in total. The monoisotopic (exact) mass is 283 g/mol. The number of ether oxygens (including phenoxy) is 1. The highest BCUT2D eigenvalue weighted by atomic mass is 16.5. The van der Waals surface area contributed by atoms with E-state index < -0.39 is 0 Å². The second-order valence-electron chi connectivity index (χ2n) is 5.51. The molecule has 0 bridgehead atoms. The third-order valence-corrected chi connectivity index (χ3v) is 4.02. The van der Waals surface area contributed by atoms with E-state index in [2.05, 4.69) is 10.6 Å². The van der Waals surface area contributed by atoms with Crippen molar-refractivity contribution in [1.29, 1.82) is 0 Å². The van der Waals surface area contributed by atoms with E-state index in [-0.39, 0.29) is 24.0 Å². The number of hydrogen-bond donors (Lipinski definition) is 2. The highest BCUT2D eigenvalue weighted by molar-refractivity contribution is 5.79. The number of piperidine rings is 2. The summed E-state index contributed by atoms with van der Waals surface area (Å²) < 4.78 is 4.89. The molecule has 2 N–H and O–H groups in total. The van der Waals surface area contributed by atoms with Crippen LogP contribution in [0.1, 0.15) is 32.6 Å². The lowest BCUT2D eigenvalue weighted by molar-refractivity contribution is -0.137. The average molecular weight is 283 g/mol. The fourth-order valence-electron chi connectivity index (χ4n) is 2.96. The van der Waals surface area contributed by atoms with Crippen molar-refractivity contribution in [2.45, 2.75) is 38.6 Å². The molecule has 0 radical (unpaired) electrons. The number of amides is 2. The molecular formula is C14H25N3O3. The van der Waals surface area contributed by atoms with Gasteiger partial charge in [0.2, 0.25) is 5.91 Å². The minimum atomic E-state index is -0.381. The van der Waals surface area contributed by atoms with Gasteiger partial charge in [-0.05, 0) is 45.7 Å². The Hall–Kier alpha value is -1.30. The number of likely N-dealkylation sites (tertiary alicyclic amines) is 1. The Kier molecular flexibility index (Phi) is 5.64. The number of nitrogens with zero attached hydrogens (tertiary/aromatic N) is 1. The normalized spacial score (nSPS) is 24.2. The summed E-state index contributed by atoms with van der Waals surface area (Å²) in [5, 5.41) is 6.12. The number of nitrogens with one attached hydrogen (secondary N) is 2. The molecule has 6 heteroatoms. The molecule has 2 heterocycles. The Morgan fingerprint density at radius 3 is 2.75 bits per heavy atom. The zero-order valence-electron chi connectivity index (χ0n) is 12.2. The van der Waals surface area contributed by atoms with Crippen LogP contribution in [0.4, 0.5) is 4.79 Å². The van der Waals surface area contributed by atoms with Crippen molar-refractivity contribution in [2.75, 3.05) is 32.8 Å². The van der Waals surface area contributed by atoms with Crippen molar-refractivity contribution in [1.82, 2.24) is 15.5 Å². The maximum Gasteiger partial charge on any atom is 0.407 e. The molecule has 0 aromatic rings. The minimum absolute atomic E-state index is 0.0217. The molecule has 0 aromatic heterocycles. The van der Waals surface area contributed by atoms with E-state index in [0.29, 0.717) is 13.2 Å². The molecule has 2 aliphatic rings. The van der Waals surface area contributed by atoms with Crippen LogP contribution in [0.25, 0.3) is 0 Å². The molecule has 114 valence electrons. The summed E-state index contributed by atoms with van der Waals surface area (Å²) in [6.07, 6.45) is 3.31. The van der Waals surface area contributed by atoms with Crippen LogP contribution in [0.15, 0.2) is 0 Å². The summed E-state index contributed by atoms with van der Waals surface area (Å²) in [4.78, 5) is 25.8. The van der Waals surface area contributed by atoms with Crippen molar-refractivity contribution < 1.29 is 14.3 Å². The topological polar surface area (TPSA) is 70.7 Å². The Morgan fingerprint density at radius 1 is 1.30 bits per heavy atom. The van der Waals surface area contributed by atoms with Gasteiger partial charge in [0.1, 0.15) is 0 Å². The molecule has 2 fully saturated rings. The van der Waals surface area contributed by atoms with E-state index in [4.69, 9.17) is 4.74 Å². The highest BCUT2D eigenvalue weighted by Crippen LogP contribution is 2.19. The molecule has 0 aromatic carbocycles. The number of alkyl carbamates (subject to hydrolysis) is 1. The summed E-state index contributed by atoms with van der Waals surface area (Å²) in [5.74, 6) is 0.402. The highest BCUT2D eigenvalue weighted by Gasteiger charge is 2.30. The van der Waals surface area contributed by atoms with Gasteiger partial charge < -0.3 is 20.3 Å². The van der Waals surface area contributed by atoms with E-state index in [1.807, 2.05) is 4.90 Å². The number of carbonyl (C=O) groups is 2. The van der Waals surface area contributed by atoms with E-state index in [1.165, 1.54) is 0 Å². The summed E-state index contributed by atoms with van der Waals surface area (Å²) >= 11 is 0. The third kappa shape index (κ3) is 4.10. The number of rotatable bonds is 3. The fraction of sp³-hybridized carbons (Fsp3) is 0.857. The van der Waals surface area contributed by atoms with E-state index in [1.54, 1.807) is 6.92 Å². The van der Waals surface area contributed by atoms with Crippen LogP contribution in [-0.4, -0.2) is 55.7 Å². The first-order chi connectivity index (χ1) is 9.70. The van der Waals surface area contributed by atoms with E-state index >= 15 is 0 Å². The van der Waals surface area contributed by atoms with Gasteiger partial charge in [0.05, 0.1) is 6.61 Å². The molecule has 0 saturated carbocycles. The van der Waals surface area contributed by atoms with Crippen molar-refractivity contribution in [3.05, 3.63) is 0 Å². The van der Waals surface area contributed by atoms with Crippen LogP contribution in [0, 0.1) is 5.92 Å². The first-order valence-electron chi connectivity index (χ1n) is 7.63. The van der Waals surface area contributed by atoms with Crippen molar-refractivity contribution in [3.63, 3.8) is 0 Å². The second-order valence-corrected chi connectivity index (χ2v) is 5.51. The smallest absolute Gasteiger partial charge is 0.407 e. The second kappa shape index (κ2) is 7.47. The Balaban J connectivity index is 1.82. The van der Waals surface area contributed by atoms with Gasteiger partial charge in [-0.2, -0.15) is 0 Å². The molecular weight excluding hydrogens is 258 g/mol. The van der Waals surface area contributed by atoms with Crippen LogP contribution >= 0.6 is 0 Å². The van der Waals surface area contributed by atoms with Gasteiger partial charge in [-0.25, -0.2) is 4.79 Å². The quantitative estimate of drug-likeness (QED) is 0.801. The Bertz CT molecular complexity index is 343. The minimum Gasteiger partial charge on any atom is -0.450 e. The van der Waals surface area contributed by atoms with Crippen molar-refractivity contribution in [3.8, 4) is 0 Å². The van der Waals surface area contributed by atoms with Crippen LogP contribution in [-0.2, 0) is 9.53 Å². The summed E-state index contributed by atoms with van der Waals surface area (Å²) in [6.45, 7) is 5.43. The lowest BCUT2D eigenvalue weighted by Gasteiger charge is -2.36. The largest absolute Gasteiger partial charge is 0.450 e. The molecule has 2 amide bonds. The van der Waals surface area contributed by atoms with Crippen LogP contribution in [0.2, 0.25) is 0 Å². The van der Waals surface area contributed by atoms with Crippen molar-refractivity contribution in [2.24, 2.45) is 5.92 Å². The zero-order valence-corrected chi connectivity index (χ0v) is 12.2. The summed E-state index contributed by atoms with van der Waals surface area (Å²) in [5.41, 5.74) is 0. The van der Waals surface area contributed by atoms with Gasteiger partial charge >= 0.3 is 6.09 Å². The first-order valence-corrected chi connectivity index (χ1v) is 7.63. The zero-order chi connectivity index (χ0) is 14.4. The van der Waals surface area contributed by atoms with Gasteiger partial charge in [0.15, 0.2) is 0 Å². The maximum absolute atomic E-state index is 12.5. The molecule has 1 unspecified atom stereocenters. The first kappa shape index (κ1) is 15.1.